The number of nitrogens with zero attached hydrogens (tertiary/aromatic N) is 3. The molecule has 0 fully saturated rings. The van der Waals surface area contributed by atoms with Gasteiger partial charge in [0.15, 0.2) is 5.69 Å². The number of carbonyl (C=O) groups is 1. The fourth-order valence-electron chi connectivity index (χ4n) is 1.72. The smallest absolute Gasteiger partial charge is 0.274 e. The van der Waals surface area contributed by atoms with E-state index >= 15 is 0 Å². The number of aromatic nitrogens is 3. The van der Waals surface area contributed by atoms with Gasteiger partial charge in [-0.1, -0.05) is 30.7 Å². The molecule has 1 aromatic heterocycles. The molecule has 0 saturated heterocycles. The van der Waals surface area contributed by atoms with Crippen LogP contribution in [0.2, 0.25) is 5.02 Å². The Labute approximate surface area is 115 Å². The van der Waals surface area contributed by atoms with Crippen LogP contribution in [0.15, 0.2) is 24.3 Å². The molecule has 6 heteroatoms. The minimum Gasteiger partial charge on any atom is -0.274 e. The van der Waals surface area contributed by atoms with E-state index in [1.807, 2.05) is 26.0 Å². The van der Waals surface area contributed by atoms with Crippen molar-refractivity contribution in [3.05, 3.63) is 40.7 Å². The van der Waals surface area contributed by atoms with Crippen molar-refractivity contribution in [1.29, 1.82) is 0 Å². The van der Waals surface area contributed by atoms with Gasteiger partial charge in [-0.2, -0.15) is 0 Å². The molecule has 0 radical (unpaired) electrons. The van der Waals surface area contributed by atoms with Crippen LogP contribution in [0.1, 0.15) is 35.9 Å². The molecule has 0 atom stereocenters. The highest BCUT2D eigenvalue weighted by Gasteiger charge is 2.21. The summed E-state index contributed by atoms with van der Waals surface area (Å²) in [7, 11) is 0. The Morgan fingerprint density at radius 3 is 2.39 bits per heavy atom. The molecule has 2 rings (SSSR count). The van der Waals surface area contributed by atoms with Gasteiger partial charge >= 0.3 is 0 Å². The summed E-state index contributed by atoms with van der Waals surface area (Å²) in [6, 6.07) is 7.13. The van der Waals surface area contributed by atoms with E-state index < -0.39 is 5.24 Å². The number of halogens is 2. The van der Waals surface area contributed by atoms with E-state index in [1.54, 1.807) is 16.8 Å². The summed E-state index contributed by atoms with van der Waals surface area (Å²) >= 11 is 11.3. The topological polar surface area (TPSA) is 47.8 Å². The van der Waals surface area contributed by atoms with E-state index in [0.29, 0.717) is 10.7 Å². The second-order valence-corrected chi connectivity index (χ2v) is 4.92. The van der Waals surface area contributed by atoms with Crippen molar-refractivity contribution in [1.82, 2.24) is 15.0 Å². The molecule has 0 spiro atoms. The first-order chi connectivity index (χ1) is 8.50. The van der Waals surface area contributed by atoms with Crippen molar-refractivity contribution < 1.29 is 4.79 Å². The van der Waals surface area contributed by atoms with E-state index in [2.05, 4.69) is 10.3 Å². The summed E-state index contributed by atoms with van der Waals surface area (Å²) in [5.41, 5.74) is 1.68. The van der Waals surface area contributed by atoms with E-state index in [0.717, 1.165) is 5.69 Å². The third kappa shape index (κ3) is 2.40. The Morgan fingerprint density at radius 1 is 1.28 bits per heavy atom. The van der Waals surface area contributed by atoms with Gasteiger partial charge in [0.05, 0.1) is 11.4 Å². The highest BCUT2D eigenvalue weighted by Crippen LogP contribution is 2.23. The van der Waals surface area contributed by atoms with E-state index in [-0.39, 0.29) is 11.6 Å². The van der Waals surface area contributed by atoms with Gasteiger partial charge in [-0.15, -0.1) is 5.10 Å². The molecule has 4 nitrogen and oxygen atoms in total. The van der Waals surface area contributed by atoms with Gasteiger partial charge in [-0.3, -0.25) is 4.79 Å². The lowest BCUT2D eigenvalue weighted by molar-refractivity contribution is 0.107. The van der Waals surface area contributed by atoms with Gasteiger partial charge in [0.2, 0.25) is 0 Å². The third-order valence-electron chi connectivity index (χ3n) is 2.51. The van der Waals surface area contributed by atoms with Gasteiger partial charge < -0.3 is 0 Å². The fraction of sp³-hybridized carbons (Fsp3) is 0.250. The molecule has 0 aliphatic rings. The molecule has 18 heavy (non-hydrogen) atoms. The van der Waals surface area contributed by atoms with E-state index in [4.69, 9.17) is 23.2 Å². The first-order valence-electron chi connectivity index (χ1n) is 5.42. The molecular formula is C12H11Cl2N3O. The van der Waals surface area contributed by atoms with Gasteiger partial charge in [-0.05, 0) is 41.8 Å². The molecular weight excluding hydrogens is 273 g/mol. The second-order valence-electron chi connectivity index (χ2n) is 4.14. The molecule has 0 amide bonds. The molecule has 0 bridgehead atoms. The first-order valence-corrected chi connectivity index (χ1v) is 6.17. The highest BCUT2D eigenvalue weighted by molar-refractivity contribution is 6.67. The number of carbonyl (C=O) groups excluding carboxylic acids is 1. The van der Waals surface area contributed by atoms with E-state index in [9.17, 15) is 4.79 Å². The van der Waals surface area contributed by atoms with Crippen LogP contribution in [0.5, 0.6) is 0 Å². The van der Waals surface area contributed by atoms with Crippen LogP contribution in [0.4, 0.5) is 0 Å². The Morgan fingerprint density at radius 2 is 1.89 bits per heavy atom. The van der Waals surface area contributed by atoms with Crippen LogP contribution in [0.3, 0.4) is 0 Å². The number of benzene rings is 1. The summed E-state index contributed by atoms with van der Waals surface area (Å²) in [5, 5.41) is 7.85. The lowest BCUT2D eigenvalue weighted by atomic mass is 10.1. The monoisotopic (exact) mass is 283 g/mol. The summed E-state index contributed by atoms with van der Waals surface area (Å²) in [6.45, 7) is 3.91. The second kappa shape index (κ2) is 5.08. The molecule has 1 aromatic carbocycles. The molecule has 0 N–H and O–H groups in total. The molecule has 0 aliphatic carbocycles. The SMILES string of the molecule is CC(C)c1c(C(=O)Cl)nnn1-c1ccc(Cl)cc1. The van der Waals surface area contributed by atoms with Crippen LogP contribution in [0.25, 0.3) is 5.69 Å². The minimum atomic E-state index is -0.598. The number of hydrogen-bond acceptors (Lipinski definition) is 3. The maximum atomic E-state index is 11.3. The normalized spacial score (nSPS) is 10.9. The van der Waals surface area contributed by atoms with Crippen molar-refractivity contribution in [3.63, 3.8) is 0 Å². The Bertz CT molecular complexity index is 576. The molecule has 0 saturated carbocycles. The van der Waals surface area contributed by atoms with Crippen molar-refractivity contribution in [2.75, 3.05) is 0 Å². The number of hydrogen-bond donors (Lipinski definition) is 0. The lowest BCUT2D eigenvalue weighted by Gasteiger charge is -2.09. The molecule has 0 unspecified atom stereocenters. The predicted octanol–water partition coefficient (Wildman–Crippen LogP) is 3.42. The van der Waals surface area contributed by atoms with Gasteiger partial charge in [0, 0.05) is 5.02 Å². The lowest BCUT2D eigenvalue weighted by Crippen LogP contribution is -2.06. The van der Waals surface area contributed by atoms with E-state index in [1.165, 1.54) is 0 Å². The third-order valence-corrected chi connectivity index (χ3v) is 2.94. The van der Waals surface area contributed by atoms with Crippen molar-refractivity contribution in [2.45, 2.75) is 19.8 Å². The number of rotatable bonds is 3. The van der Waals surface area contributed by atoms with Crippen LogP contribution in [0, 0.1) is 0 Å². The van der Waals surface area contributed by atoms with Crippen LogP contribution >= 0.6 is 23.2 Å². The Balaban J connectivity index is 2.57. The van der Waals surface area contributed by atoms with Crippen molar-refractivity contribution in [3.8, 4) is 5.69 Å². The summed E-state index contributed by atoms with van der Waals surface area (Å²) in [6.07, 6.45) is 0. The Hall–Kier alpha value is -1.39. The Kier molecular flexibility index (Phi) is 3.68. The zero-order valence-electron chi connectivity index (χ0n) is 9.89. The predicted molar refractivity (Wildman–Crippen MR) is 70.6 cm³/mol. The summed E-state index contributed by atoms with van der Waals surface area (Å²) in [5.74, 6) is 0.0772. The van der Waals surface area contributed by atoms with Gasteiger partial charge in [0.25, 0.3) is 5.24 Å². The zero-order valence-corrected chi connectivity index (χ0v) is 11.4. The maximum Gasteiger partial charge on any atom is 0.274 e. The quantitative estimate of drug-likeness (QED) is 0.811. The van der Waals surface area contributed by atoms with Gasteiger partial charge in [-0.25, -0.2) is 4.68 Å². The maximum absolute atomic E-state index is 11.3. The molecule has 1 heterocycles. The van der Waals surface area contributed by atoms with Crippen LogP contribution in [-0.2, 0) is 0 Å². The average molecular weight is 284 g/mol. The average Bonchev–Trinajstić information content (AvgIpc) is 2.74. The first kappa shape index (κ1) is 13.1. The zero-order chi connectivity index (χ0) is 13.3. The standard InChI is InChI=1S/C12H11Cl2N3O/c1-7(2)11-10(12(14)18)15-16-17(11)9-5-3-8(13)4-6-9/h3-7H,1-2H3. The molecule has 0 aliphatic heterocycles. The molecule has 2 aromatic rings. The minimum absolute atomic E-state index is 0.0772. The summed E-state index contributed by atoms with van der Waals surface area (Å²) < 4.78 is 1.61. The van der Waals surface area contributed by atoms with Crippen LogP contribution in [-0.4, -0.2) is 20.2 Å². The largest absolute Gasteiger partial charge is 0.274 e. The summed E-state index contributed by atoms with van der Waals surface area (Å²) in [4.78, 5) is 11.3. The molecule has 94 valence electrons. The highest BCUT2D eigenvalue weighted by atomic mass is 35.5. The van der Waals surface area contributed by atoms with Gasteiger partial charge in [0.1, 0.15) is 0 Å². The van der Waals surface area contributed by atoms with Crippen molar-refractivity contribution in [2.24, 2.45) is 0 Å². The van der Waals surface area contributed by atoms with Crippen molar-refractivity contribution >= 4 is 28.4 Å². The fourth-order valence-corrected chi connectivity index (χ4v) is 1.98. The van der Waals surface area contributed by atoms with Crippen LogP contribution < -0.4 is 0 Å².